The number of aromatic nitrogens is 2. The van der Waals surface area contributed by atoms with Crippen LogP contribution in [0.5, 0.6) is 0 Å². The molecule has 108 valence electrons. The molecule has 0 aliphatic carbocycles. The molecule has 0 unspecified atom stereocenters. The van der Waals surface area contributed by atoms with Crippen LogP contribution in [0.15, 0.2) is 36.7 Å². The maximum atomic E-state index is 12.1. The normalized spacial score (nSPS) is 10.0. The number of rotatable bonds is 4. The number of carbonyl (C=O) groups is 2. The van der Waals surface area contributed by atoms with E-state index in [1.165, 1.54) is 13.3 Å². The Labute approximate surface area is 122 Å². The number of ketones is 1. The number of hydrogen-bond donors (Lipinski definition) is 1. The lowest BCUT2D eigenvalue weighted by molar-refractivity contribution is 0.100. The van der Waals surface area contributed by atoms with E-state index in [9.17, 15) is 9.59 Å². The van der Waals surface area contributed by atoms with E-state index in [1.807, 2.05) is 19.0 Å². The first-order valence-electron chi connectivity index (χ1n) is 6.39. The molecule has 0 aliphatic heterocycles. The van der Waals surface area contributed by atoms with Crippen molar-refractivity contribution in [3.63, 3.8) is 0 Å². The van der Waals surface area contributed by atoms with E-state index >= 15 is 0 Å². The van der Waals surface area contributed by atoms with E-state index in [0.29, 0.717) is 22.8 Å². The standard InChI is InChI=1S/C15H16N4O2/c1-10(20)11-4-6-12(7-5-11)15(21)18-13-8-14(19(2)3)17-9-16-13/h4-9H,1-3H3,(H,16,17,18,21). The van der Waals surface area contributed by atoms with Crippen molar-refractivity contribution in [3.05, 3.63) is 47.8 Å². The van der Waals surface area contributed by atoms with Crippen LogP contribution < -0.4 is 10.2 Å². The predicted molar refractivity (Wildman–Crippen MR) is 80.8 cm³/mol. The summed E-state index contributed by atoms with van der Waals surface area (Å²) in [5.41, 5.74) is 1.04. The summed E-state index contributed by atoms with van der Waals surface area (Å²) in [5.74, 6) is 0.809. The average molecular weight is 284 g/mol. The summed E-state index contributed by atoms with van der Waals surface area (Å²) in [4.78, 5) is 33.2. The lowest BCUT2D eigenvalue weighted by Crippen LogP contribution is -2.15. The third-order valence-electron chi connectivity index (χ3n) is 2.91. The minimum Gasteiger partial charge on any atom is -0.363 e. The molecule has 2 rings (SSSR count). The number of Topliss-reactive ketones (excluding diaryl/α,β-unsaturated/α-hetero) is 1. The maximum Gasteiger partial charge on any atom is 0.256 e. The van der Waals surface area contributed by atoms with Crippen molar-refractivity contribution in [1.29, 1.82) is 0 Å². The van der Waals surface area contributed by atoms with Gasteiger partial charge in [-0.25, -0.2) is 9.97 Å². The summed E-state index contributed by atoms with van der Waals surface area (Å²) in [6.07, 6.45) is 1.39. The number of benzene rings is 1. The molecule has 0 aliphatic rings. The van der Waals surface area contributed by atoms with Gasteiger partial charge < -0.3 is 10.2 Å². The first-order chi connectivity index (χ1) is 9.97. The first kappa shape index (κ1) is 14.6. The minimum absolute atomic E-state index is 0.0339. The van der Waals surface area contributed by atoms with Crippen molar-refractivity contribution in [2.24, 2.45) is 0 Å². The number of anilines is 2. The number of hydrogen-bond acceptors (Lipinski definition) is 5. The Bertz CT molecular complexity index is 666. The van der Waals surface area contributed by atoms with Gasteiger partial charge in [0.1, 0.15) is 18.0 Å². The molecule has 6 nitrogen and oxygen atoms in total. The third-order valence-corrected chi connectivity index (χ3v) is 2.91. The Morgan fingerprint density at radius 2 is 1.67 bits per heavy atom. The van der Waals surface area contributed by atoms with Crippen molar-refractivity contribution in [2.45, 2.75) is 6.92 Å². The fourth-order valence-electron chi connectivity index (χ4n) is 1.70. The van der Waals surface area contributed by atoms with Crippen LogP contribution in [0.25, 0.3) is 0 Å². The van der Waals surface area contributed by atoms with Crippen molar-refractivity contribution in [2.75, 3.05) is 24.3 Å². The molecule has 0 bridgehead atoms. The van der Waals surface area contributed by atoms with Crippen LogP contribution in [0.3, 0.4) is 0 Å². The molecule has 0 fully saturated rings. The molecule has 0 saturated carbocycles. The number of nitrogens with zero attached hydrogens (tertiary/aromatic N) is 3. The van der Waals surface area contributed by atoms with Crippen molar-refractivity contribution in [1.82, 2.24) is 9.97 Å². The van der Waals surface area contributed by atoms with Crippen LogP contribution in [-0.4, -0.2) is 35.8 Å². The minimum atomic E-state index is -0.284. The summed E-state index contributed by atoms with van der Waals surface area (Å²) in [5, 5.41) is 2.70. The molecular weight excluding hydrogens is 268 g/mol. The van der Waals surface area contributed by atoms with E-state index in [1.54, 1.807) is 30.3 Å². The molecular formula is C15H16N4O2. The molecule has 1 aromatic carbocycles. The van der Waals surface area contributed by atoms with E-state index in [2.05, 4.69) is 15.3 Å². The molecule has 0 radical (unpaired) electrons. The Balaban J connectivity index is 2.14. The van der Waals surface area contributed by atoms with Crippen LogP contribution in [0.2, 0.25) is 0 Å². The van der Waals surface area contributed by atoms with Gasteiger partial charge in [0.05, 0.1) is 0 Å². The van der Waals surface area contributed by atoms with Crippen LogP contribution in [0, 0.1) is 0 Å². The lowest BCUT2D eigenvalue weighted by Gasteiger charge is -2.12. The summed E-state index contributed by atoms with van der Waals surface area (Å²) in [6, 6.07) is 8.16. The first-order valence-corrected chi connectivity index (χ1v) is 6.39. The van der Waals surface area contributed by atoms with Gasteiger partial charge in [-0.05, 0) is 19.1 Å². The summed E-state index contributed by atoms with van der Waals surface area (Å²) in [6.45, 7) is 1.48. The highest BCUT2D eigenvalue weighted by Crippen LogP contribution is 2.13. The monoisotopic (exact) mass is 284 g/mol. The summed E-state index contributed by atoms with van der Waals surface area (Å²) >= 11 is 0. The number of carbonyl (C=O) groups excluding carboxylic acids is 2. The Morgan fingerprint density at radius 1 is 1.05 bits per heavy atom. The predicted octanol–water partition coefficient (Wildman–Crippen LogP) is 2.00. The number of amides is 1. The largest absolute Gasteiger partial charge is 0.363 e. The molecule has 6 heteroatoms. The molecule has 1 N–H and O–H groups in total. The van der Waals surface area contributed by atoms with Crippen LogP contribution in [-0.2, 0) is 0 Å². The molecule has 0 spiro atoms. The molecule has 0 saturated heterocycles. The molecule has 0 atom stereocenters. The Kier molecular flexibility index (Phi) is 4.27. The molecule has 21 heavy (non-hydrogen) atoms. The van der Waals surface area contributed by atoms with Crippen LogP contribution >= 0.6 is 0 Å². The second kappa shape index (κ2) is 6.13. The topological polar surface area (TPSA) is 75.2 Å². The maximum absolute atomic E-state index is 12.1. The second-order valence-electron chi connectivity index (χ2n) is 4.74. The van der Waals surface area contributed by atoms with Crippen LogP contribution in [0.4, 0.5) is 11.6 Å². The zero-order chi connectivity index (χ0) is 15.4. The lowest BCUT2D eigenvalue weighted by atomic mass is 10.1. The second-order valence-corrected chi connectivity index (χ2v) is 4.74. The Morgan fingerprint density at radius 3 is 2.24 bits per heavy atom. The fraction of sp³-hybridized carbons (Fsp3) is 0.200. The molecule has 1 amide bonds. The van der Waals surface area contributed by atoms with Gasteiger partial charge in [-0.1, -0.05) is 12.1 Å². The fourth-order valence-corrected chi connectivity index (χ4v) is 1.70. The van der Waals surface area contributed by atoms with Gasteiger partial charge in [-0.15, -0.1) is 0 Å². The average Bonchev–Trinajstić information content (AvgIpc) is 2.47. The van der Waals surface area contributed by atoms with Gasteiger partial charge in [-0.2, -0.15) is 0 Å². The smallest absolute Gasteiger partial charge is 0.256 e. The SMILES string of the molecule is CC(=O)c1ccc(C(=O)Nc2cc(N(C)C)ncn2)cc1. The highest BCUT2D eigenvalue weighted by Gasteiger charge is 2.09. The quantitative estimate of drug-likeness (QED) is 0.869. The van der Waals surface area contributed by atoms with Crippen LogP contribution in [0.1, 0.15) is 27.6 Å². The van der Waals surface area contributed by atoms with E-state index in [0.717, 1.165) is 0 Å². The van der Waals surface area contributed by atoms with E-state index in [-0.39, 0.29) is 11.7 Å². The van der Waals surface area contributed by atoms with E-state index < -0.39 is 0 Å². The Hall–Kier alpha value is -2.76. The molecule has 2 aromatic rings. The zero-order valence-corrected chi connectivity index (χ0v) is 12.1. The van der Waals surface area contributed by atoms with Gasteiger partial charge in [0.25, 0.3) is 5.91 Å². The summed E-state index contributed by atoms with van der Waals surface area (Å²) < 4.78 is 0. The van der Waals surface area contributed by atoms with Gasteiger partial charge in [0.2, 0.25) is 0 Å². The third kappa shape index (κ3) is 3.62. The van der Waals surface area contributed by atoms with Crippen molar-refractivity contribution in [3.8, 4) is 0 Å². The van der Waals surface area contributed by atoms with Gasteiger partial charge >= 0.3 is 0 Å². The number of nitrogens with one attached hydrogen (secondary N) is 1. The van der Waals surface area contributed by atoms with Gasteiger partial charge in [0, 0.05) is 31.3 Å². The van der Waals surface area contributed by atoms with Gasteiger partial charge in [0.15, 0.2) is 5.78 Å². The molecule has 1 aromatic heterocycles. The molecule has 1 heterocycles. The zero-order valence-electron chi connectivity index (χ0n) is 12.1. The highest BCUT2D eigenvalue weighted by atomic mass is 16.1. The van der Waals surface area contributed by atoms with Crippen molar-refractivity contribution >= 4 is 23.3 Å². The van der Waals surface area contributed by atoms with E-state index in [4.69, 9.17) is 0 Å². The van der Waals surface area contributed by atoms with Crippen molar-refractivity contribution < 1.29 is 9.59 Å². The van der Waals surface area contributed by atoms with Gasteiger partial charge in [-0.3, -0.25) is 9.59 Å². The summed E-state index contributed by atoms with van der Waals surface area (Å²) in [7, 11) is 3.71. The highest BCUT2D eigenvalue weighted by molar-refractivity contribution is 6.04.